The number of benzene rings is 3. The molecule has 41 heavy (non-hydrogen) atoms. The third-order valence-electron chi connectivity index (χ3n) is 7.19. The van der Waals surface area contributed by atoms with Crippen LogP contribution >= 0.6 is 0 Å². The van der Waals surface area contributed by atoms with Crippen molar-refractivity contribution >= 4 is 40.1 Å². The molecule has 5 amide bonds. The molecule has 0 bridgehead atoms. The molecule has 3 aromatic carbocycles. The van der Waals surface area contributed by atoms with Crippen molar-refractivity contribution in [1.82, 2.24) is 15.1 Å². The van der Waals surface area contributed by atoms with E-state index in [1.54, 1.807) is 42.0 Å². The molecule has 0 saturated carbocycles. The number of ether oxygens (including phenoxy) is 1. The summed E-state index contributed by atoms with van der Waals surface area (Å²) in [4.78, 5) is 42.7. The molecule has 10 nitrogen and oxygen atoms in total. The maximum absolute atomic E-state index is 13.6. The van der Waals surface area contributed by atoms with Gasteiger partial charge in [0.15, 0.2) is 5.75 Å². The normalized spacial score (nSPS) is 17.6. The van der Waals surface area contributed by atoms with Gasteiger partial charge in [-0.2, -0.15) is 0 Å². The van der Waals surface area contributed by atoms with Gasteiger partial charge >= 0.3 is 12.1 Å². The third-order valence-corrected chi connectivity index (χ3v) is 7.19. The molecule has 1 aliphatic rings. The summed E-state index contributed by atoms with van der Waals surface area (Å²) in [7, 11) is 1.69. The van der Waals surface area contributed by atoms with Crippen molar-refractivity contribution in [2.45, 2.75) is 45.9 Å². The van der Waals surface area contributed by atoms with Gasteiger partial charge in [-0.05, 0) is 44.4 Å². The van der Waals surface area contributed by atoms with Crippen molar-refractivity contribution in [2.24, 2.45) is 5.92 Å². The number of aliphatic hydroxyl groups is 1. The fourth-order valence-corrected chi connectivity index (χ4v) is 4.88. The molecule has 0 fully saturated rings. The number of fused-ring (bicyclic) bond motifs is 2. The lowest BCUT2D eigenvalue weighted by atomic mass is 9.99. The zero-order valence-corrected chi connectivity index (χ0v) is 24.2. The Kier molecular flexibility index (Phi) is 9.34. The number of hydrogen-bond donors (Lipinski definition) is 4. The summed E-state index contributed by atoms with van der Waals surface area (Å²) >= 11 is 0. The highest BCUT2D eigenvalue weighted by Gasteiger charge is 2.35. The molecule has 4 N–H and O–H groups in total. The Balaban J connectivity index is 1.63. The summed E-state index contributed by atoms with van der Waals surface area (Å²) in [5, 5.41) is 20.4. The Morgan fingerprint density at radius 2 is 1.71 bits per heavy atom. The molecule has 1 aliphatic heterocycles. The van der Waals surface area contributed by atoms with E-state index in [0.29, 0.717) is 17.9 Å². The van der Waals surface area contributed by atoms with E-state index in [4.69, 9.17) is 4.74 Å². The van der Waals surface area contributed by atoms with Gasteiger partial charge in [-0.15, -0.1) is 0 Å². The largest absolute Gasteiger partial charge is 0.485 e. The van der Waals surface area contributed by atoms with Crippen LogP contribution in [0.2, 0.25) is 0 Å². The molecule has 1 heterocycles. The Labute approximate surface area is 240 Å². The van der Waals surface area contributed by atoms with Crippen LogP contribution in [0.5, 0.6) is 5.75 Å². The lowest BCUT2D eigenvalue weighted by Gasteiger charge is -2.38. The monoisotopic (exact) mass is 561 g/mol. The number of amides is 5. The van der Waals surface area contributed by atoms with Crippen LogP contribution in [-0.4, -0.2) is 77.8 Å². The number of nitrogens with one attached hydrogen (secondary N) is 3. The van der Waals surface area contributed by atoms with Crippen LogP contribution < -0.4 is 20.7 Å². The highest BCUT2D eigenvalue weighted by Crippen LogP contribution is 2.35. The van der Waals surface area contributed by atoms with Crippen LogP contribution in [0.4, 0.5) is 21.0 Å². The lowest BCUT2D eigenvalue weighted by Crippen LogP contribution is -2.50. The molecule has 10 heteroatoms. The van der Waals surface area contributed by atoms with Gasteiger partial charge in [-0.1, -0.05) is 49.4 Å². The van der Waals surface area contributed by atoms with Crippen molar-refractivity contribution in [2.75, 3.05) is 37.4 Å². The van der Waals surface area contributed by atoms with Gasteiger partial charge in [0.25, 0.3) is 5.91 Å². The van der Waals surface area contributed by atoms with Gasteiger partial charge in [-0.3, -0.25) is 4.79 Å². The second kappa shape index (κ2) is 12.9. The summed E-state index contributed by atoms with van der Waals surface area (Å²) in [6.45, 7) is 7.73. The molecule has 0 unspecified atom stereocenters. The molecule has 218 valence electrons. The molecule has 0 aliphatic carbocycles. The quantitative estimate of drug-likeness (QED) is 0.331. The van der Waals surface area contributed by atoms with E-state index < -0.39 is 18.2 Å². The van der Waals surface area contributed by atoms with Crippen LogP contribution in [-0.2, 0) is 0 Å². The number of para-hydroxylation sites is 1. The van der Waals surface area contributed by atoms with E-state index in [-0.39, 0.29) is 48.4 Å². The average molecular weight is 562 g/mol. The first-order valence-corrected chi connectivity index (χ1v) is 13.9. The molecule has 0 spiro atoms. The van der Waals surface area contributed by atoms with Crippen molar-refractivity contribution in [3.8, 4) is 5.75 Å². The third kappa shape index (κ3) is 6.89. The maximum atomic E-state index is 13.6. The predicted octanol–water partition coefficient (Wildman–Crippen LogP) is 4.75. The van der Waals surface area contributed by atoms with Crippen LogP contribution in [0.25, 0.3) is 10.8 Å². The van der Waals surface area contributed by atoms with Crippen LogP contribution in [0.1, 0.15) is 38.1 Å². The molecule has 3 aromatic rings. The first-order chi connectivity index (χ1) is 19.6. The van der Waals surface area contributed by atoms with Crippen molar-refractivity contribution < 1.29 is 24.2 Å². The number of rotatable bonds is 7. The highest BCUT2D eigenvalue weighted by molar-refractivity contribution is 6.02. The van der Waals surface area contributed by atoms with Crippen molar-refractivity contribution in [1.29, 1.82) is 0 Å². The van der Waals surface area contributed by atoms with Gasteiger partial charge in [0, 0.05) is 30.9 Å². The van der Waals surface area contributed by atoms with E-state index in [1.807, 2.05) is 63.2 Å². The van der Waals surface area contributed by atoms with E-state index in [0.717, 1.165) is 10.8 Å². The summed E-state index contributed by atoms with van der Waals surface area (Å²) in [6, 6.07) is 17.3. The Bertz CT molecular complexity index is 1410. The van der Waals surface area contributed by atoms with Crippen LogP contribution in [0.15, 0.2) is 60.7 Å². The van der Waals surface area contributed by atoms with Crippen molar-refractivity contribution in [3.63, 3.8) is 0 Å². The minimum absolute atomic E-state index is 0.0920. The topological polar surface area (TPSA) is 123 Å². The number of urea groups is 2. The SMILES string of the molecule is CC(C)NC(=O)Nc1cccc2c1O[C@@H](CN(C)C(=O)Nc1cccc3ccccc13)[C@@H](C)CN([C@H](C)CO)C2=O. The van der Waals surface area contributed by atoms with E-state index in [1.165, 1.54) is 0 Å². The second-order valence-electron chi connectivity index (χ2n) is 10.9. The fraction of sp³-hybridized carbons (Fsp3) is 0.387. The number of likely N-dealkylation sites (N-methyl/N-ethyl adjacent to an activating group) is 1. The minimum atomic E-state index is -0.533. The molecule has 0 saturated heterocycles. The number of carbonyl (C=O) groups is 3. The smallest absolute Gasteiger partial charge is 0.321 e. The Morgan fingerprint density at radius 3 is 2.44 bits per heavy atom. The second-order valence-corrected chi connectivity index (χ2v) is 10.9. The van der Waals surface area contributed by atoms with Gasteiger partial charge in [-0.25, -0.2) is 9.59 Å². The van der Waals surface area contributed by atoms with Gasteiger partial charge in [0.2, 0.25) is 0 Å². The van der Waals surface area contributed by atoms with Crippen LogP contribution in [0.3, 0.4) is 0 Å². The summed E-state index contributed by atoms with van der Waals surface area (Å²) < 4.78 is 6.49. The van der Waals surface area contributed by atoms with Crippen LogP contribution in [0, 0.1) is 5.92 Å². The molecular weight excluding hydrogens is 522 g/mol. The average Bonchev–Trinajstić information content (AvgIpc) is 2.94. The Hall–Kier alpha value is -4.31. The number of carbonyl (C=O) groups excluding carboxylic acids is 3. The predicted molar refractivity (Wildman–Crippen MR) is 160 cm³/mol. The zero-order valence-electron chi connectivity index (χ0n) is 24.2. The summed E-state index contributed by atoms with van der Waals surface area (Å²) in [5.74, 6) is -0.292. The summed E-state index contributed by atoms with van der Waals surface area (Å²) in [5.41, 5.74) is 1.31. The fourth-order valence-electron chi connectivity index (χ4n) is 4.88. The van der Waals surface area contributed by atoms with E-state index in [2.05, 4.69) is 16.0 Å². The zero-order chi connectivity index (χ0) is 29.7. The number of aliphatic hydroxyl groups excluding tert-OH is 1. The standard InChI is InChI=1S/C31H39N5O5/c1-19(2)32-30(39)33-26-15-9-13-24-28(26)41-27(20(3)16-36(29(24)38)21(4)18-37)17-35(5)31(40)34-25-14-8-11-22-10-6-7-12-23(22)25/h6-15,19-21,27,37H,16-18H2,1-5H3,(H,34,40)(H2,32,33,39)/t20-,21+,27-/m0/s1. The van der Waals surface area contributed by atoms with Gasteiger partial charge in [0.1, 0.15) is 6.10 Å². The molecule has 3 atom stereocenters. The highest BCUT2D eigenvalue weighted by atomic mass is 16.5. The summed E-state index contributed by atoms with van der Waals surface area (Å²) in [6.07, 6.45) is -0.533. The number of nitrogens with zero attached hydrogens (tertiary/aromatic N) is 2. The number of hydrogen-bond acceptors (Lipinski definition) is 5. The first-order valence-electron chi connectivity index (χ1n) is 13.9. The minimum Gasteiger partial charge on any atom is -0.485 e. The molecule has 0 radical (unpaired) electrons. The van der Waals surface area contributed by atoms with Crippen molar-refractivity contribution in [3.05, 3.63) is 66.2 Å². The lowest BCUT2D eigenvalue weighted by molar-refractivity contribution is 0.0373. The van der Waals surface area contributed by atoms with E-state index >= 15 is 0 Å². The van der Waals surface area contributed by atoms with E-state index in [9.17, 15) is 19.5 Å². The molecular formula is C31H39N5O5. The number of anilines is 2. The molecule has 0 aromatic heterocycles. The van der Waals surface area contributed by atoms with Gasteiger partial charge < -0.3 is 35.6 Å². The first kappa shape index (κ1) is 29.7. The molecule has 4 rings (SSSR count). The van der Waals surface area contributed by atoms with Gasteiger partial charge in [0.05, 0.1) is 36.1 Å². The maximum Gasteiger partial charge on any atom is 0.321 e. The Morgan fingerprint density at radius 1 is 1.02 bits per heavy atom.